The molecule has 88 valence electrons. The SMILES string of the molecule is CCCOC(=O)c1ccc(N)c(OCC)c1. The van der Waals surface area contributed by atoms with Gasteiger partial charge in [0, 0.05) is 0 Å². The molecule has 0 radical (unpaired) electrons. The molecule has 0 aromatic heterocycles. The Morgan fingerprint density at radius 2 is 2.12 bits per heavy atom. The maximum absolute atomic E-state index is 11.6. The fourth-order valence-corrected chi connectivity index (χ4v) is 1.22. The number of rotatable bonds is 5. The van der Waals surface area contributed by atoms with Crippen LogP contribution in [0.15, 0.2) is 18.2 Å². The third kappa shape index (κ3) is 3.15. The third-order valence-corrected chi connectivity index (χ3v) is 1.99. The minimum atomic E-state index is -0.345. The summed E-state index contributed by atoms with van der Waals surface area (Å²) in [4.78, 5) is 11.6. The highest BCUT2D eigenvalue weighted by molar-refractivity contribution is 5.90. The van der Waals surface area contributed by atoms with Gasteiger partial charge in [0.05, 0.1) is 24.5 Å². The van der Waals surface area contributed by atoms with Crippen molar-refractivity contribution in [3.05, 3.63) is 23.8 Å². The molecule has 0 spiro atoms. The molecule has 0 atom stereocenters. The maximum atomic E-state index is 11.6. The summed E-state index contributed by atoms with van der Waals surface area (Å²) >= 11 is 0. The molecule has 0 saturated carbocycles. The first kappa shape index (κ1) is 12.4. The van der Waals surface area contributed by atoms with Crippen LogP contribution in [0.3, 0.4) is 0 Å². The van der Waals surface area contributed by atoms with E-state index >= 15 is 0 Å². The Bertz CT molecular complexity index is 363. The zero-order valence-electron chi connectivity index (χ0n) is 9.66. The van der Waals surface area contributed by atoms with Crippen LogP contribution in [0.5, 0.6) is 5.75 Å². The molecule has 0 bridgehead atoms. The standard InChI is InChI=1S/C12H17NO3/c1-3-7-16-12(14)9-5-6-10(13)11(8-9)15-4-2/h5-6,8H,3-4,7,13H2,1-2H3. The molecule has 1 aromatic rings. The minimum Gasteiger partial charge on any atom is -0.492 e. The van der Waals surface area contributed by atoms with Crippen LogP contribution in [0, 0.1) is 0 Å². The Morgan fingerprint density at radius 3 is 2.75 bits per heavy atom. The van der Waals surface area contributed by atoms with Crippen LogP contribution in [0.1, 0.15) is 30.6 Å². The van der Waals surface area contributed by atoms with Crippen molar-refractivity contribution in [2.24, 2.45) is 0 Å². The number of carbonyl (C=O) groups is 1. The van der Waals surface area contributed by atoms with Gasteiger partial charge >= 0.3 is 5.97 Å². The predicted octanol–water partition coefficient (Wildman–Crippen LogP) is 2.23. The van der Waals surface area contributed by atoms with Gasteiger partial charge in [-0.1, -0.05) is 6.92 Å². The van der Waals surface area contributed by atoms with Gasteiger partial charge in [0.25, 0.3) is 0 Å². The summed E-state index contributed by atoms with van der Waals surface area (Å²) < 4.78 is 10.3. The fraction of sp³-hybridized carbons (Fsp3) is 0.417. The van der Waals surface area contributed by atoms with E-state index in [1.807, 2.05) is 13.8 Å². The molecular weight excluding hydrogens is 206 g/mol. The number of esters is 1. The van der Waals surface area contributed by atoms with Gasteiger partial charge < -0.3 is 15.2 Å². The number of ether oxygens (including phenoxy) is 2. The van der Waals surface area contributed by atoms with Crippen molar-refractivity contribution in [1.82, 2.24) is 0 Å². The third-order valence-electron chi connectivity index (χ3n) is 1.99. The van der Waals surface area contributed by atoms with Crippen molar-refractivity contribution in [2.45, 2.75) is 20.3 Å². The number of hydrogen-bond donors (Lipinski definition) is 1. The van der Waals surface area contributed by atoms with E-state index < -0.39 is 0 Å². The van der Waals surface area contributed by atoms with Crippen LogP contribution in [-0.2, 0) is 4.74 Å². The summed E-state index contributed by atoms with van der Waals surface area (Å²) in [5, 5.41) is 0. The predicted molar refractivity (Wildman–Crippen MR) is 62.6 cm³/mol. The maximum Gasteiger partial charge on any atom is 0.338 e. The van der Waals surface area contributed by atoms with Gasteiger partial charge in [0.1, 0.15) is 5.75 Å². The molecule has 4 nitrogen and oxygen atoms in total. The van der Waals surface area contributed by atoms with Crippen molar-refractivity contribution in [3.63, 3.8) is 0 Å². The Kier molecular flexibility index (Phi) is 4.64. The molecule has 0 heterocycles. The highest BCUT2D eigenvalue weighted by Gasteiger charge is 2.09. The lowest BCUT2D eigenvalue weighted by molar-refractivity contribution is 0.0504. The first-order valence-corrected chi connectivity index (χ1v) is 5.38. The summed E-state index contributed by atoms with van der Waals surface area (Å²) in [7, 11) is 0. The zero-order chi connectivity index (χ0) is 12.0. The van der Waals surface area contributed by atoms with Crippen molar-refractivity contribution in [1.29, 1.82) is 0 Å². The highest BCUT2D eigenvalue weighted by Crippen LogP contribution is 2.23. The van der Waals surface area contributed by atoms with E-state index in [-0.39, 0.29) is 5.97 Å². The summed E-state index contributed by atoms with van der Waals surface area (Å²) in [6.45, 7) is 4.74. The molecule has 0 unspecified atom stereocenters. The monoisotopic (exact) mass is 223 g/mol. The van der Waals surface area contributed by atoms with Crippen LogP contribution < -0.4 is 10.5 Å². The number of anilines is 1. The number of hydrogen-bond acceptors (Lipinski definition) is 4. The van der Waals surface area contributed by atoms with Gasteiger partial charge in [-0.25, -0.2) is 4.79 Å². The lowest BCUT2D eigenvalue weighted by Gasteiger charge is -2.08. The number of nitrogen functional groups attached to an aromatic ring is 1. The van der Waals surface area contributed by atoms with E-state index in [2.05, 4.69) is 0 Å². The molecule has 16 heavy (non-hydrogen) atoms. The topological polar surface area (TPSA) is 61.5 Å². The fourth-order valence-electron chi connectivity index (χ4n) is 1.22. The van der Waals surface area contributed by atoms with Crippen molar-refractivity contribution in [2.75, 3.05) is 18.9 Å². The Balaban J connectivity index is 2.81. The van der Waals surface area contributed by atoms with Gasteiger partial charge in [-0.15, -0.1) is 0 Å². The van der Waals surface area contributed by atoms with Gasteiger partial charge in [-0.2, -0.15) is 0 Å². The van der Waals surface area contributed by atoms with Crippen LogP contribution >= 0.6 is 0 Å². The van der Waals surface area contributed by atoms with E-state index in [1.54, 1.807) is 18.2 Å². The van der Waals surface area contributed by atoms with Crippen LogP contribution in [0.2, 0.25) is 0 Å². The molecule has 2 N–H and O–H groups in total. The largest absolute Gasteiger partial charge is 0.492 e. The average Bonchev–Trinajstić information content (AvgIpc) is 2.29. The van der Waals surface area contributed by atoms with Gasteiger partial charge in [-0.3, -0.25) is 0 Å². The number of benzene rings is 1. The van der Waals surface area contributed by atoms with Crippen molar-refractivity contribution in [3.8, 4) is 5.75 Å². The minimum absolute atomic E-state index is 0.345. The Labute approximate surface area is 95.3 Å². The van der Waals surface area contributed by atoms with Gasteiger partial charge in [0.15, 0.2) is 0 Å². The molecule has 1 rings (SSSR count). The van der Waals surface area contributed by atoms with E-state index in [0.717, 1.165) is 6.42 Å². The van der Waals surface area contributed by atoms with Crippen molar-refractivity contribution < 1.29 is 14.3 Å². The normalized spacial score (nSPS) is 9.88. The molecular formula is C12H17NO3. The van der Waals surface area contributed by atoms with E-state index in [0.29, 0.717) is 30.2 Å². The molecule has 0 aliphatic rings. The molecule has 0 amide bonds. The van der Waals surface area contributed by atoms with Gasteiger partial charge in [0.2, 0.25) is 0 Å². The first-order chi connectivity index (χ1) is 7.69. The lowest BCUT2D eigenvalue weighted by Crippen LogP contribution is -2.07. The molecule has 0 aliphatic heterocycles. The second-order valence-electron chi connectivity index (χ2n) is 3.32. The summed E-state index contributed by atoms with van der Waals surface area (Å²) in [5.74, 6) is 0.177. The second-order valence-corrected chi connectivity index (χ2v) is 3.32. The quantitative estimate of drug-likeness (QED) is 0.614. The van der Waals surface area contributed by atoms with E-state index in [4.69, 9.17) is 15.2 Å². The van der Waals surface area contributed by atoms with Crippen LogP contribution in [0.25, 0.3) is 0 Å². The molecule has 1 aromatic carbocycles. The Morgan fingerprint density at radius 1 is 1.38 bits per heavy atom. The van der Waals surface area contributed by atoms with E-state index in [9.17, 15) is 4.79 Å². The number of carbonyl (C=O) groups excluding carboxylic acids is 1. The molecule has 0 fully saturated rings. The van der Waals surface area contributed by atoms with Crippen molar-refractivity contribution >= 4 is 11.7 Å². The van der Waals surface area contributed by atoms with E-state index in [1.165, 1.54) is 0 Å². The molecule has 0 aliphatic carbocycles. The lowest BCUT2D eigenvalue weighted by atomic mass is 10.2. The average molecular weight is 223 g/mol. The van der Waals surface area contributed by atoms with Crippen LogP contribution in [-0.4, -0.2) is 19.2 Å². The number of nitrogens with two attached hydrogens (primary N) is 1. The molecule has 4 heteroatoms. The molecule has 0 saturated heterocycles. The zero-order valence-corrected chi connectivity index (χ0v) is 9.66. The second kappa shape index (κ2) is 6.00. The summed E-state index contributed by atoms with van der Waals surface area (Å²) in [5.41, 5.74) is 6.68. The smallest absolute Gasteiger partial charge is 0.338 e. The summed E-state index contributed by atoms with van der Waals surface area (Å²) in [6, 6.07) is 4.89. The summed E-state index contributed by atoms with van der Waals surface area (Å²) in [6.07, 6.45) is 0.805. The Hall–Kier alpha value is -1.71. The highest BCUT2D eigenvalue weighted by atomic mass is 16.5. The van der Waals surface area contributed by atoms with Crippen LogP contribution in [0.4, 0.5) is 5.69 Å². The first-order valence-electron chi connectivity index (χ1n) is 5.38. The van der Waals surface area contributed by atoms with Gasteiger partial charge in [-0.05, 0) is 31.5 Å².